The Morgan fingerprint density at radius 2 is 1.78 bits per heavy atom. The fourth-order valence-corrected chi connectivity index (χ4v) is 5.78. The number of amides is 1. The number of nitrogens with one attached hydrogen (secondary N) is 1. The highest BCUT2D eigenvalue weighted by Gasteiger charge is 2.51. The van der Waals surface area contributed by atoms with Crippen molar-refractivity contribution >= 4 is 17.5 Å². The van der Waals surface area contributed by atoms with E-state index in [9.17, 15) is 14.5 Å². The van der Waals surface area contributed by atoms with Crippen molar-refractivity contribution in [2.75, 3.05) is 13.2 Å². The second-order valence-electron chi connectivity index (χ2n) is 11.7. The van der Waals surface area contributed by atoms with Gasteiger partial charge >= 0.3 is 6.09 Å². The van der Waals surface area contributed by atoms with Gasteiger partial charge in [0.2, 0.25) is 0 Å². The molecular weight excluding hydrogens is 472 g/mol. The number of nitrogens with zero attached hydrogens (tertiary/aromatic N) is 1. The molecule has 0 spiro atoms. The van der Waals surface area contributed by atoms with Crippen LogP contribution in [0.3, 0.4) is 0 Å². The first-order chi connectivity index (χ1) is 16.8. The Balaban J connectivity index is 2.03. The lowest BCUT2D eigenvalue weighted by atomic mass is 9.76. The summed E-state index contributed by atoms with van der Waals surface area (Å²) in [7, 11) is 0. The van der Waals surface area contributed by atoms with E-state index in [1.807, 2.05) is 65.8 Å². The van der Waals surface area contributed by atoms with Gasteiger partial charge in [-0.1, -0.05) is 54.6 Å². The average Bonchev–Trinajstić information content (AvgIpc) is 2.79. The molecule has 3 rings (SSSR count). The predicted molar refractivity (Wildman–Crippen MR) is 147 cm³/mol. The third-order valence-electron chi connectivity index (χ3n) is 6.54. The van der Waals surface area contributed by atoms with Gasteiger partial charge in [0.25, 0.3) is 0 Å². The Morgan fingerprint density at radius 1 is 1.11 bits per heavy atom. The molecule has 1 amide bonds. The Morgan fingerprint density at radius 3 is 2.39 bits per heavy atom. The average molecular weight is 515 g/mol. The first-order valence-corrected chi connectivity index (χ1v) is 13.9. The highest BCUT2D eigenvalue weighted by molar-refractivity contribution is 7.90. The van der Waals surface area contributed by atoms with Crippen LogP contribution in [0.15, 0.2) is 54.6 Å². The number of aliphatic hydroxyl groups excluding tert-OH is 1. The smallest absolute Gasteiger partial charge is 0.410 e. The van der Waals surface area contributed by atoms with Crippen molar-refractivity contribution < 1.29 is 19.2 Å². The van der Waals surface area contributed by atoms with E-state index in [1.165, 1.54) is 0 Å². The molecule has 0 aromatic heterocycles. The molecule has 1 aliphatic heterocycles. The molecule has 198 valence electrons. The number of carbonyl (C=O) groups excluding carboxylic acids is 1. The molecule has 1 heterocycles. The van der Waals surface area contributed by atoms with E-state index in [-0.39, 0.29) is 18.7 Å². The quantitative estimate of drug-likeness (QED) is 0.479. The number of ether oxygens (including phenoxy) is 1. The van der Waals surface area contributed by atoms with Crippen LogP contribution in [-0.4, -0.2) is 55.7 Å². The fraction of sp³-hybridized carbons (Fsp3) is 0.552. The number of benzene rings is 2. The lowest BCUT2D eigenvalue weighted by molar-refractivity contribution is -0.0116. The second-order valence-corrected chi connectivity index (χ2v) is 13.6. The van der Waals surface area contributed by atoms with Crippen LogP contribution >= 0.6 is 0 Å². The third-order valence-corrected chi connectivity index (χ3v) is 8.24. The second kappa shape index (κ2) is 11.5. The summed E-state index contributed by atoms with van der Waals surface area (Å²) in [5.41, 5.74) is 1.95. The van der Waals surface area contributed by atoms with Crippen LogP contribution in [0.5, 0.6) is 0 Å². The molecule has 0 unspecified atom stereocenters. The maximum Gasteiger partial charge on any atom is 0.410 e. The van der Waals surface area contributed by atoms with Crippen LogP contribution in [-0.2, 0) is 22.5 Å². The van der Waals surface area contributed by atoms with Gasteiger partial charge in [0.15, 0.2) is 0 Å². The van der Waals surface area contributed by atoms with Gasteiger partial charge in [-0.15, -0.1) is 4.72 Å². The van der Waals surface area contributed by atoms with Crippen LogP contribution in [0.2, 0.25) is 0 Å². The molecular formula is C29H42N2O4S. The van der Waals surface area contributed by atoms with Crippen molar-refractivity contribution in [3.05, 3.63) is 60.2 Å². The maximum atomic E-state index is 13.4. The standard InChI is InChI=1S/C29H42N2O4S/c1-27(2,3)35-26(33)31-18-11-16-29(17-19-32,30-36(34)28(4,5)6)25(31)21-22-12-10-15-24(20-22)23-13-8-7-9-14-23/h7-10,12-15,20,25,30,32H,11,16-19,21H2,1-6H3/t25-,29-,36-/m1/s1. The van der Waals surface area contributed by atoms with E-state index < -0.39 is 27.2 Å². The molecule has 7 heteroatoms. The number of hydrogen-bond donors (Lipinski definition) is 2. The van der Waals surface area contributed by atoms with Crippen LogP contribution in [0.25, 0.3) is 11.1 Å². The minimum Gasteiger partial charge on any atom is -0.598 e. The van der Waals surface area contributed by atoms with Crippen LogP contribution in [0, 0.1) is 0 Å². The molecule has 2 aromatic carbocycles. The molecule has 1 fully saturated rings. The Bertz CT molecular complexity index is 998. The lowest BCUT2D eigenvalue weighted by Gasteiger charge is -2.50. The molecule has 36 heavy (non-hydrogen) atoms. The van der Waals surface area contributed by atoms with E-state index in [0.29, 0.717) is 25.8 Å². The Labute approximate surface area is 219 Å². The van der Waals surface area contributed by atoms with Crippen LogP contribution in [0.1, 0.15) is 66.4 Å². The SMILES string of the molecule is CC(C)(C)OC(=O)N1CCC[C@](CCO)(N[S@+]([O-])C(C)(C)C)[C@H]1Cc1cccc(-c2ccccc2)c1. The number of carbonyl (C=O) groups is 1. The summed E-state index contributed by atoms with van der Waals surface area (Å²) in [6.45, 7) is 11.8. The Hall–Kier alpha value is -2.06. The zero-order chi connectivity index (χ0) is 26.6. The van der Waals surface area contributed by atoms with Crippen molar-refractivity contribution in [2.24, 2.45) is 0 Å². The zero-order valence-corrected chi connectivity index (χ0v) is 23.4. The van der Waals surface area contributed by atoms with Crippen molar-refractivity contribution in [1.82, 2.24) is 9.62 Å². The van der Waals surface area contributed by atoms with Crippen molar-refractivity contribution in [2.45, 2.75) is 89.2 Å². The molecule has 0 saturated carbocycles. The summed E-state index contributed by atoms with van der Waals surface area (Å²) in [6.07, 6.45) is 1.99. The minimum absolute atomic E-state index is 0.0724. The minimum atomic E-state index is -1.38. The van der Waals surface area contributed by atoms with Gasteiger partial charge in [-0.25, -0.2) is 4.79 Å². The molecule has 2 aromatic rings. The van der Waals surface area contributed by atoms with Crippen LogP contribution < -0.4 is 4.72 Å². The summed E-state index contributed by atoms with van der Waals surface area (Å²) in [4.78, 5) is 15.2. The largest absolute Gasteiger partial charge is 0.598 e. The molecule has 0 radical (unpaired) electrons. The molecule has 1 saturated heterocycles. The number of likely N-dealkylation sites (tertiary alicyclic amines) is 1. The predicted octanol–water partition coefficient (Wildman–Crippen LogP) is 5.47. The van der Waals surface area contributed by atoms with Crippen molar-refractivity contribution in [1.29, 1.82) is 0 Å². The highest BCUT2D eigenvalue weighted by atomic mass is 32.2. The first kappa shape index (κ1) is 28.5. The van der Waals surface area contributed by atoms with Crippen molar-refractivity contribution in [3.8, 4) is 11.1 Å². The topological polar surface area (TPSA) is 84.9 Å². The monoisotopic (exact) mass is 514 g/mol. The molecule has 0 aliphatic carbocycles. The normalized spacial score (nSPS) is 21.8. The number of rotatable bonds is 7. The van der Waals surface area contributed by atoms with Crippen molar-refractivity contribution in [3.63, 3.8) is 0 Å². The summed E-state index contributed by atoms with van der Waals surface area (Å²) in [6, 6.07) is 18.2. The van der Waals surface area contributed by atoms with E-state index in [2.05, 4.69) is 35.1 Å². The zero-order valence-electron chi connectivity index (χ0n) is 22.5. The Kier molecular flexibility index (Phi) is 9.15. The number of hydrogen-bond acceptors (Lipinski definition) is 5. The molecule has 6 nitrogen and oxygen atoms in total. The van der Waals surface area contributed by atoms with Gasteiger partial charge in [-0.05, 0) is 83.9 Å². The summed E-state index contributed by atoms with van der Waals surface area (Å²) in [5.74, 6) is 0. The first-order valence-electron chi connectivity index (χ1n) is 12.8. The van der Waals surface area contributed by atoms with Gasteiger partial charge < -0.3 is 19.3 Å². The summed E-state index contributed by atoms with van der Waals surface area (Å²) >= 11 is -1.38. The van der Waals surface area contributed by atoms with E-state index in [1.54, 1.807) is 4.90 Å². The van der Waals surface area contributed by atoms with E-state index >= 15 is 0 Å². The lowest BCUT2D eigenvalue weighted by Crippen LogP contribution is -2.68. The molecule has 0 bridgehead atoms. The van der Waals surface area contributed by atoms with E-state index in [4.69, 9.17) is 4.74 Å². The van der Waals surface area contributed by atoms with E-state index in [0.717, 1.165) is 23.1 Å². The summed E-state index contributed by atoms with van der Waals surface area (Å²) < 4.78 is 22.1. The number of piperidine rings is 1. The number of aliphatic hydroxyl groups is 1. The van der Waals surface area contributed by atoms with Gasteiger partial charge in [0.05, 0.1) is 11.6 Å². The van der Waals surface area contributed by atoms with Crippen LogP contribution in [0.4, 0.5) is 4.79 Å². The molecule has 1 aliphatic rings. The van der Waals surface area contributed by atoms with Gasteiger partial charge in [0.1, 0.15) is 10.3 Å². The molecule has 3 atom stereocenters. The van der Waals surface area contributed by atoms with Gasteiger partial charge in [0, 0.05) is 24.5 Å². The van der Waals surface area contributed by atoms with Gasteiger partial charge in [-0.2, -0.15) is 0 Å². The fourth-order valence-electron chi connectivity index (χ4n) is 4.76. The maximum absolute atomic E-state index is 13.4. The molecule has 2 N–H and O–H groups in total. The van der Waals surface area contributed by atoms with Gasteiger partial charge in [-0.3, -0.25) is 0 Å². The highest BCUT2D eigenvalue weighted by Crippen LogP contribution is 2.36. The summed E-state index contributed by atoms with van der Waals surface area (Å²) in [5, 5.41) is 10.1. The third kappa shape index (κ3) is 7.25.